The first-order chi connectivity index (χ1) is 23.4. The third kappa shape index (κ3) is 10.3. The Hall–Kier alpha value is -5.38. The maximum atomic E-state index is 13.9. The Morgan fingerprint density at radius 1 is 0.633 bits per heavy atom. The number of H-pyrrole nitrogens is 1. The number of thioether (sulfide) groups is 1. The number of nitrogens with one attached hydrogen (secondary N) is 6. The molecule has 3 aromatic rings. The van der Waals surface area contributed by atoms with E-state index in [0.29, 0.717) is 16.9 Å². The fraction of sp³-hybridized carbons (Fsp3) is 0.364. The van der Waals surface area contributed by atoms with Crippen molar-refractivity contribution in [2.45, 2.75) is 62.3 Å². The fourth-order valence-electron chi connectivity index (χ4n) is 5.42. The van der Waals surface area contributed by atoms with Crippen molar-refractivity contribution in [3.63, 3.8) is 0 Å². The van der Waals surface area contributed by atoms with E-state index in [0.717, 1.165) is 10.9 Å². The van der Waals surface area contributed by atoms with Crippen molar-refractivity contribution >= 4 is 64.1 Å². The number of carbonyl (C=O) groups excluding carboxylic acids is 5. The SMILES string of the molecule is CSCC[C@@H]1NC(=O)[C@H](Cc2c[nH]c3ccccc23)NC(=O)[C@@H](CC(=O)O)NC(=O)[C@H](Cc2ccccc2)NC(=O)[C@H](CC(=O)O)NC1=O. The Kier molecular flexibility index (Phi) is 12.8. The summed E-state index contributed by atoms with van der Waals surface area (Å²) in [5.41, 5.74) is 1.99. The molecule has 260 valence electrons. The van der Waals surface area contributed by atoms with Crippen molar-refractivity contribution in [2.24, 2.45) is 0 Å². The van der Waals surface area contributed by atoms with Crippen molar-refractivity contribution < 1.29 is 43.8 Å². The number of fused-ring (bicyclic) bond motifs is 1. The number of aromatic amines is 1. The molecule has 1 fully saturated rings. The average molecular weight is 695 g/mol. The molecule has 0 spiro atoms. The van der Waals surface area contributed by atoms with Crippen LogP contribution in [-0.4, -0.2) is 98.9 Å². The minimum absolute atomic E-state index is 0.0789. The van der Waals surface area contributed by atoms with E-state index in [2.05, 4.69) is 31.6 Å². The van der Waals surface area contributed by atoms with E-state index in [9.17, 15) is 43.8 Å². The summed E-state index contributed by atoms with van der Waals surface area (Å²) < 4.78 is 0. The van der Waals surface area contributed by atoms with Crippen molar-refractivity contribution in [1.82, 2.24) is 31.6 Å². The fourth-order valence-corrected chi connectivity index (χ4v) is 5.89. The molecule has 2 aromatic carbocycles. The molecular weight excluding hydrogens is 656 g/mol. The molecule has 5 amide bonds. The van der Waals surface area contributed by atoms with Gasteiger partial charge in [0, 0.05) is 29.9 Å². The molecule has 15 nitrogen and oxygen atoms in total. The molecule has 16 heteroatoms. The number of carbonyl (C=O) groups is 7. The van der Waals surface area contributed by atoms with Gasteiger partial charge in [0.15, 0.2) is 0 Å². The highest BCUT2D eigenvalue weighted by molar-refractivity contribution is 7.98. The van der Waals surface area contributed by atoms with Gasteiger partial charge in [0.1, 0.15) is 30.2 Å². The second kappa shape index (κ2) is 17.1. The molecular formula is C33H38N6O9S. The lowest BCUT2D eigenvalue weighted by Gasteiger charge is -2.25. The standard InChI is InChI=1S/C33H38N6O9S/c1-49-12-11-22-29(44)38-25(15-27(40)41)32(47)36-23(13-18-7-3-2-4-8-18)30(45)39-26(16-28(42)43)33(48)37-24(31(46)35-22)14-19-17-34-21-10-6-5-9-20(19)21/h2-10,17,22-26,34H,11-16H2,1H3,(H,35,46)(H,36,47)(H,37,48)(H,38,44)(H,39,45)(H,40,41)(H,42,43)/t22-,23-,24-,25-,26+/m0/s1. The zero-order valence-corrected chi connectivity index (χ0v) is 27.4. The normalized spacial score (nSPS) is 22.5. The van der Waals surface area contributed by atoms with Crippen LogP contribution in [-0.2, 0) is 46.4 Å². The summed E-state index contributed by atoms with van der Waals surface area (Å²) in [4.78, 5) is 95.0. The van der Waals surface area contributed by atoms with Gasteiger partial charge in [-0.3, -0.25) is 33.6 Å². The Labute approximate surface area is 285 Å². The van der Waals surface area contributed by atoms with E-state index in [1.54, 1.807) is 48.9 Å². The maximum absolute atomic E-state index is 13.9. The van der Waals surface area contributed by atoms with Gasteiger partial charge in [-0.15, -0.1) is 0 Å². The van der Waals surface area contributed by atoms with Crippen molar-refractivity contribution in [3.05, 3.63) is 71.9 Å². The number of para-hydroxylation sites is 1. The zero-order valence-electron chi connectivity index (χ0n) is 26.6. The van der Waals surface area contributed by atoms with Crippen molar-refractivity contribution in [2.75, 3.05) is 12.0 Å². The van der Waals surface area contributed by atoms with Crippen LogP contribution in [0.1, 0.15) is 30.4 Å². The molecule has 49 heavy (non-hydrogen) atoms. The van der Waals surface area contributed by atoms with E-state index in [1.165, 1.54) is 11.8 Å². The Balaban J connectivity index is 1.77. The summed E-state index contributed by atoms with van der Waals surface area (Å²) in [5.74, 6) is -7.01. The van der Waals surface area contributed by atoms with Crippen LogP contribution >= 0.6 is 11.8 Å². The van der Waals surface area contributed by atoms with Crippen molar-refractivity contribution in [1.29, 1.82) is 0 Å². The maximum Gasteiger partial charge on any atom is 0.305 e. The van der Waals surface area contributed by atoms with Gasteiger partial charge in [-0.05, 0) is 35.6 Å². The molecule has 5 atom stereocenters. The molecule has 8 N–H and O–H groups in total. The number of hydrogen-bond acceptors (Lipinski definition) is 8. The third-order valence-corrected chi connectivity index (χ3v) is 8.56. The summed E-state index contributed by atoms with van der Waals surface area (Å²) >= 11 is 1.38. The molecule has 2 heterocycles. The Morgan fingerprint density at radius 2 is 1.10 bits per heavy atom. The molecule has 4 rings (SSSR count). The monoisotopic (exact) mass is 694 g/mol. The van der Waals surface area contributed by atoms with Gasteiger partial charge in [0.05, 0.1) is 12.8 Å². The largest absolute Gasteiger partial charge is 0.481 e. The van der Waals surface area contributed by atoms with Gasteiger partial charge < -0.3 is 41.8 Å². The Morgan fingerprint density at radius 3 is 1.67 bits per heavy atom. The lowest BCUT2D eigenvalue weighted by atomic mass is 10.0. The molecule has 1 saturated heterocycles. The Bertz CT molecular complexity index is 1700. The summed E-state index contributed by atoms with van der Waals surface area (Å²) in [6, 6.07) is 8.41. The van der Waals surface area contributed by atoms with E-state index in [-0.39, 0.29) is 19.3 Å². The molecule has 0 radical (unpaired) electrons. The van der Waals surface area contributed by atoms with Crippen LogP contribution in [0.3, 0.4) is 0 Å². The van der Waals surface area contributed by atoms with Gasteiger partial charge in [0.25, 0.3) is 0 Å². The van der Waals surface area contributed by atoms with Crippen LogP contribution in [0.15, 0.2) is 60.8 Å². The van der Waals surface area contributed by atoms with Crippen LogP contribution in [0.5, 0.6) is 0 Å². The number of aliphatic carboxylic acids is 2. The first-order valence-electron chi connectivity index (χ1n) is 15.5. The highest BCUT2D eigenvalue weighted by Crippen LogP contribution is 2.20. The predicted octanol–water partition coefficient (Wildman–Crippen LogP) is 0.0932. The van der Waals surface area contributed by atoms with Crippen LogP contribution in [0.4, 0.5) is 0 Å². The summed E-state index contributed by atoms with van der Waals surface area (Å²) in [6.07, 6.45) is 1.64. The minimum atomic E-state index is -1.68. The lowest BCUT2D eigenvalue weighted by Crippen LogP contribution is -2.58. The van der Waals surface area contributed by atoms with Gasteiger partial charge in [0.2, 0.25) is 29.5 Å². The van der Waals surface area contributed by atoms with Gasteiger partial charge >= 0.3 is 11.9 Å². The number of amides is 5. The summed E-state index contributed by atoms with van der Waals surface area (Å²) in [6.45, 7) is 0. The molecule has 0 bridgehead atoms. The topological polar surface area (TPSA) is 236 Å². The second-order valence-electron chi connectivity index (χ2n) is 11.5. The van der Waals surface area contributed by atoms with E-state index in [4.69, 9.17) is 0 Å². The number of benzene rings is 2. The van der Waals surface area contributed by atoms with E-state index < -0.39 is 84.5 Å². The highest BCUT2D eigenvalue weighted by Gasteiger charge is 2.36. The van der Waals surface area contributed by atoms with Crippen LogP contribution in [0.2, 0.25) is 0 Å². The first-order valence-corrected chi connectivity index (χ1v) is 16.9. The number of aromatic nitrogens is 1. The lowest BCUT2D eigenvalue weighted by molar-refractivity contribution is -0.141. The van der Waals surface area contributed by atoms with Crippen molar-refractivity contribution in [3.8, 4) is 0 Å². The molecule has 0 aliphatic carbocycles. The van der Waals surface area contributed by atoms with Gasteiger partial charge in [-0.1, -0.05) is 48.5 Å². The van der Waals surface area contributed by atoms with Gasteiger partial charge in [-0.2, -0.15) is 11.8 Å². The average Bonchev–Trinajstić information content (AvgIpc) is 3.47. The molecule has 1 aliphatic heterocycles. The smallest absolute Gasteiger partial charge is 0.305 e. The molecule has 0 saturated carbocycles. The first kappa shape index (κ1) is 36.5. The molecule has 0 unspecified atom stereocenters. The molecule has 1 aromatic heterocycles. The van der Waals surface area contributed by atoms with E-state index >= 15 is 0 Å². The third-order valence-electron chi connectivity index (χ3n) is 7.91. The molecule has 1 aliphatic rings. The number of rotatable bonds is 11. The minimum Gasteiger partial charge on any atom is -0.481 e. The quantitative estimate of drug-likeness (QED) is 0.135. The second-order valence-corrected chi connectivity index (χ2v) is 12.5. The zero-order chi connectivity index (χ0) is 35.5. The number of carboxylic acids is 2. The summed E-state index contributed by atoms with van der Waals surface area (Å²) in [5, 5.41) is 32.4. The van der Waals surface area contributed by atoms with E-state index in [1.807, 2.05) is 18.2 Å². The van der Waals surface area contributed by atoms with Crippen LogP contribution < -0.4 is 26.6 Å². The predicted molar refractivity (Wildman–Crippen MR) is 179 cm³/mol. The van der Waals surface area contributed by atoms with Gasteiger partial charge in [-0.25, -0.2) is 0 Å². The highest BCUT2D eigenvalue weighted by atomic mass is 32.2. The van der Waals surface area contributed by atoms with Crippen LogP contribution in [0, 0.1) is 0 Å². The van der Waals surface area contributed by atoms with Crippen LogP contribution in [0.25, 0.3) is 10.9 Å². The summed E-state index contributed by atoms with van der Waals surface area (Å²) in [7, 11) is 0. The number of hydrogen-bond donors (Lipinski definition) is 8. The number of carboxylic acid groups (broad SMARTS) is 2.